The first-order valence-corrected chi connectivity index (χ1v) is 14.0. The number of fused-ring (bicyclic) bond motifs is 1. The monoisotopic (exact) mass is 681 g/mol. The van der Waals surface area contributed by atoms with Gasteiger partial charge in [0.2, 0.25) is 11.8 Å². The van der Waals surface area contributed by atoms with Crippen LogP contribution in [0.5, 0.6) is 0 Å². The maximum atomic E-state index is 15.3. The van der Waals surface area contributed by atoms with Crippen molar-refractivity contribution in [3.63, 3.8) is 0 Å². The number of carboxylic acids is 1. The Kier molecular flexibility index (Phi) is 9.07. The Morgan fingerprint density at radius 3 is 2.52 bits per heavy atom. The number of tetrazole rings is 1. The van der Waals surface area contributed by atoms with Gasteiger partial charge in [0.25, 0.3) is 0 Å². The van der Waals surface area contributed by atoms with Crippen LogP contribution in [0.4, 0.5) is 23.4 Å². The molecule has 3 N–H and O–H groups in total. The van der Waals surface area contributed by atoms with Crippen LogP contribution in [0.15, 0.2) is 43.0 Å². The number of amides is 2. The lowest BCUT2D eigenvalue weighted by atomic mass is 9.92. The van der Waals surface area contributed by atoms with E-state index < -0.39 is 18.0 Å². The number of hydrogen-bond acceptors (Lipinski definition) is 8. The van der Waals surface area contributed by atoms with Gasteiger partial charge in [-0.3, -0.25) is 9.59 Å². The van der Waals surface area contributed by atoms with Gasteiger partial charge in [0.15, 0.2) is 5.82 Å². The van der Waals surface area contributed by atoms with Crippen LogP contribution >= 0.6 is 23.2 Å². The number of pyridine rings is 1. The fourth-order valence-electron chi connectivity index (χ4n) is 5.24. The number of aromatic nitrogens is 7. The van der Waals surface area contributed by atoms with E-state index in [1.807, 2.05) is 0 Å². The normalized spacial score (nSPS) is 17.6. The maximum absolute atomic E-state index is 15.3. The van der Waals surface area contributed by atoms with Gasteiger partial charge in [0, 0.05) is 36.4 Å². The van der Waals surface area contributed by atoms with Gasteiger partial charge in [-0.25, -0.2) is 19.2 Å². The number of nitrogens with one attached hydrogen (secondary N) is 2. The molecular weight excluding hydrogens is 661 g/mol. The van der Waals surface area contributed by atoms with Crippen molar-refractivity contribution in [2.24, 2.45) is 0 Å². The van der Waals surface area contributed by atoms with Gasteiger partial charge < -0.3 is 20.3 Å². The highest BCUT2D eigenvalue weighted by Gasteiger charge is 2.42. The largest absolute Gasteiger partial charge is 0.490 e. The van der Waals surface area contributed by atoms with Crippen molar-refractivity contribution in [3.8, 4) is 16.9 Å². The first-order valence-electron chi connectivity index (χ1n) is 13.3. The topological polar surface area (TPSA) is 172 Å². The van der Waals surface area contributed by atoms with Gasteiger partial charge in [-0.2, -0.15) is 17.9 Å². The summed E-state index contributed by atoms with van der Waals surface area (Å²) < 4.78 is 48.4. The zero-order valence-corrected chi connectivity index (χ0v) is 24.9. The Balaban J connectivity index is 0.000000537. The number of rotatable bonds is 5. The SMILES string of the molecule is CC(=O)Nc1cc(-c2cnc([C@@H]3CCC4CC(c5c(-n6cnnn6)ccc(Cl)c5F)=CC(=O)N43)[nH]2)c(Cl)cn1.O=C(O)C(F)(F)F. The molecule has 0 saturated carbocycles. The molecule has 0 aliphatic carbocycles. The van der Waals surface area contributed by atoms with Crippen LogP contribution in [0, 0.1) is 5.82 Å². The molecule has 2 aliphatic rings. The third-order valence-corrected chi connectivity index (χ3v) is 7.70. The van der Waals surface area contributed by atoms with E-state index in [1.54, 1.807) is 23.2 Å². The predicted octanol–water partition coefficient (Wildman–Crippen LogP) is 5.00. The number of carboxylic acid groups (broad SMARTS) is 1. The van der Waals surface area contributed by atoms with Gasteiger partial charge in [-0.05, 0) is 53.5 Å². The number of nitrogens with zero attached hydrogens (tertiary/aromatic N) is 7. The maximum Gasteiger partial charge on any atom is 0.490 e. The van der Waals surface area contributed by atoms with Crippen molar-refractivity contribution in [1.82, 2.24) is 40.1 Å². The van der Waals surface area contributed by atoms with Crippen molar-refractivity contribution in [3.05, 3.63) is 70.2 Å². The van der Waals surface area contributed by atoms with E-state index in [-0.39, 0.29) is 34.5 Å². The number of benzene rings is 1. The molecule has 46 heavy (non-hydrogen) atoms. The number of aliphatic carboxylic acids is 1. The van der Waals surface area contributed by atoms with Crippen molar-refractivity contribution in [2.45, 2.75) is 44.4 Å². The Morgan fingerprint density at radius 1 is 1.13 bits per heavy atom. The summed E-state index contributed by atoms with van der Waals surface area (Å²) in [5.74, 6) is -2.93. The second-order valence-electron chi connectivity index (χ2n) is 10.1. The average molecular weight is 682 g/mol. The van der Waals surface area contributed by atoms with Gasteiger partial charge >= 0.3 is 12.1 Å². The standard InChI is InChI=1S/C25H20Cl2FN9O2.C2HF3O2/c1-12(38)32-21-8-15(17(27)9-29-21)18-10-30-25(33-18)20-4-2-14-6-13(7-22(39)37(14)20)23-19(36-11-31-34-35-36)5-3-16(26)24(23)28;3-2(4,5)1(6)7/h3,5,7-11,14,20H,2,4,6H2,1H3,(H,30,33)(H,29,32,38);(H,6,7)/t14?,20-;/m0./s1. The highest BCUT2D eigenvalue weighted by molar-refractivity contribution is 6.33. The highest BCUT2D eigenvalue weighted by Crippen LogP contribution is 2.44. The summed E-state index contributed by atoms with van der Waals surface area (Å²) >= 11 is 12.5. The van der Waals surface area contributed by atoms with Gasteiger partial charge in [0.1, 0.15) is 18.0 Å². The Morgan fingerprint density at radius 2 is 1.87 bits per heavy atom. The van der Waals surface area contributed by atoms with E-state index in [9.17, 15) is 22.8 Å². The highest BCUT2D eigenvalue weighted by atomic mass is 35.5. The van der Waals surface area contributed by atoms with Crippen LogP contribution in [-0.2, 0) is 14.4 Å². The molecule has 6 rings (SSSR count). The first kappa shape index (κ1) is 32.5. The fourth-order valence-corrected chi connectivity index (χ4v) is 5.60. The van der Waals surface area contributed by atoms with Crippen molar-refractivity contribution < 1.29 is 37.1 Å². The summed E-state index contributed by atoms with van der Waals surface area (Å²) in [6, 6.07) is 4.25. The van der Waals surface area contributed by atoms with E-state index in [1.165, 1.54) is 36.3 Å². The number of carbonyl (C=O) groups is 3. The number of halogens is 6. The minimum absolute atomic E-state index is 0.0542. The minimum atomic E-state index is -5.08. The molecule has 0 spiro atoms. The number of H-pyrrole nitrogens is 1. The quantitative estimate of drug-likeness (QED) is 0.245. The molecule has 1 fully saturated rings. The van der Waals surface area contributed by atoms with E-state index in [0.717, 1.165) is 0 Å². The minimum Gasteiger partial charge on any atom is -0.475 e. The van der Waals surface area contributed by atoms with Crippen LogP contribution in [-0.4, -0.2) is 75.2 Å². The van der Waals surface area contributed by atoms with E-state index in [4.69, 9.17) is 33.1 Å². The molecule has 2 aliphatic heterocycles. The van der Waals surface area contributed by atoms with Crippen molar-refractivity contribution in [2.75, 3.05) is 5.32 Å². The molecule has 0 bridgehead atoms. The average Bonchev–Trinajstić information content (AvgIpc) is 3.76. The summed E-state index contributed by atoms with van der Waals surface area (Å²) in [5.41, 5.74) is 2.37. The molecule has 4 aromatic rings. The number of hydrogen-bond donors (Lipinski definition) is 3. The molecule has 5 heterocycles. The lowest BCUT2D eigenvalue weighted by Crippen LogP contribution is -2.39. The third kappa shape index (κ3) is 6.69. The molecular formula is C27H21Cl2F4N9O4. The molecule has 2 atom stereocenters. The summed E-state index contributed by atoms with van der Waals surface area (Å²) in [5, 5.41) is 21.2. The third-order valence-electron chi connectivity index (χ3n) is 7.10. The van der Waals surface area contributed by atoms with Crippen LogP contribution in [0.25, 0.3) is 22.5 Å². The van der Waals surface area contributed by atoms with Gasteiger partial charge in [0.05, 0.1) is 33.7 Å². The Hall–Kier alpha value is -4.90. The zero-order chi connectivity index (χ0) is 33.3. The van der Waals surface area contributed by atoms with Gasteiger partial charge in [-0.1, -0.05) is 23.2 Å². The summed E-state index contributed by atoms with van der Waals surface area (Å²) in [7, 11) is 0. The number of aromatic amines is 1. The zero-order valence-electron chi connectivity index (χ0n) is 23.4. The summed E-state index contributed by atoms with van der Waals surface area (Å²) in [6.45, 7) is 1.39. The number of carbonyl (C=O) groups excluding carboxylic acids is 2. The molecule has 1 unspecified atom stereocenters. The van der Waals surface area contributed by atoms with Crippen LogP contribution in [0.3, 0.4) is 0 Å². The van der Waals surface area contributed by atoms with Crippen LogP contribution < -0.4 is 5.32 Å². The lowest BCUT2D eigenvalue weighted by molar-refractivity contribution is -0.192. The Labute approximate surface area is 266 Å². The molecule has 19 heteroatoms. The second-order valence-corrected chi connectivity index (χ2v) is 10.9. The van der Waals surface area contributed by atoms with Crippen molar-refractivity contribution in [1.29, 1.82) is 0 Å². The number of alkyl halides is 3. The van der Waals surface area contributed by atoms with Crippen LogP contribution in [0.2, 0.25) is 10.0 Å². The summed E-state index contributed by atoms with van der Waals surface area (Å²) in [4.78, 5) is 47.5. The summed E-state index contributed by atoms with van der Waals surface area (Å²) in [6.07, 6.45) is 2.61. The van der Waals surface area contributed by atoms with E-state index in [0.29, 0.717) is 58.4 Å². The molecule has 240 valence electrons. The van der Waals surface area contributed by atoms with E-state index in [2.05, 4.69) is 35.8 Å². The van der Waals surface area contributed by atoms with Gasteiger partial charge in [-0.15, -0.1) is 5.10 Å². The fraction of sp³-hybridized carbons (Fsp3) is 0.259. The molecule has 1 aromatic carbocycles. The second kappa shape index (κ2) is 12.8. The molecule has 0 radical (unpaired) electrons. The van der Waals surface area contributed by atoms with Crippen LogP contribution in [0.1, 0.15) is 43.6 Å². The van der Waals surface area contributed by atoms with Crippen molar-refractivity contribution >= 4 is 52.4 Å². The lowest BCUT2D eigenvalue weighted by Gasteiger charge is -2.33. The number of anilines is 1. The smallest absolute Gasteiger partial charge is 0.475 e. The first-order chi connectivity index (χ1) is 21.7. The molecule has 2 amide bonds. The molecule has 1 saturated heterocycles. The Bertz CT molecular complexity index is 1850. The predicted molar refractivity (Wildman–Crippen MR) is 154 cm³/mol. The van der Waals surface area contributed by atoms with E-state index >= 15 is 4.39 Å². The molecule has 13 nitrogen and oxygen atoms in total. The molecule has 3 aromatic heterocycles. The number of imidazole rings is 1.